The summed E-state index contributed by atoms with van der Waals surface area (Å²) in [5.74, 6) is -0.463. The summed E-state index contributed by atoms with van der Waals surface area (Å²) in [5.41, 5.74) is 0. The van der Waals surface area contributed by atoms with Gasteiger partial charge in [-0.25, -0.2) is 17.8 Å². The monoisotopic (exact) mass is 260 g/mol. The molecule has 0 radical (unpaired) electrons. The molecule has 0 spiro atoms. The van der Waals surface area contributed by atoms with Crippen molar-refractivity contribution in [3.63, 3.8) is 0 Å². The first-order chi connectivity index (χ1) is 8.08. The minimum Gasteiger partial charge on any atom is -0.379 e. The SMILES string of the molecule is O=S(=O)(NN1CCOCC1)c1ccc(F)cc1. The van der Waals surface area contributed by atoms with Gasteiger partial charge < -0.3 is 4.74 Å². The Bertz CT molecular complexity index is 469. The number of benzene rings is 1. The van der Waals surface area contributed by atoms with E-state index in [-0.39, 0.29) is 4.90 Å². The molecule has 0 aromatic heterocycles. The third-order valence-corrected chi connectivity index (χ3v) is 3.78. The van der Waals surface area contributed by atoms with Crippen LogP contribution >= 0.6 is 0 Å². The first kappa shape index (κ1) is 12.4. The van der Waals surface area contributed by atoms with E-state index in [0.717, 1.165) is 12.1 Å². The molecule has 5 nitrogen and oxygen atoms in total. The molecule has 0 bridgehead atoms. The van der Waals surface area contributed by atoms with Crippen LogP contribution in [0.2, 0.25) is 0 Å². The second-order valence-electron chi connectivity index (χ2n) is 3.65. The Morgan fingerprint density at radius 3 is 2.35 bits per heavy atom. The predicted octanol–water partition coefficient (Wildman–Crippen LogP) is 0.351. The molecule has 1 aromatic rings. The molecule has 94 valence electrons. The van der Waals surface area contributed by atoms with Crippen LogP contribution in [0, 0.1) is 5.82 Å². The summed E-state index contributed by atoms with van der Waals surface area (Å²) < 4.78 is 41.6. The molecule has 1 N–H and O–H groups in total. The van der Waals surface area contributed by atoms with E-state index in [1.807, 2.05) is 0 Å². The van der Waals surface area contributed by atoms with E-state index in [9.17, 15) is 12.8 Å². The van der Waals surface area contributed by atoms with Crippen LogP contribution in [0.1, 0.15) is 0 Å². The van der Waals surface area contributed by atoms with Crippen LogP contribution in [0.5, 0.6) is 0 Å². The number of sulfonamides is 1. The Balaban J connectivity index is 2.10. The molecule has 1 saturated heterocycles. The zero-order valence-corrected chi connectivity index (χ0v) is 9.91. The van der Waals surface area contributed by atoms with Crippen LogP contribution in [0.3, 0.4) is 0 Å². The molecule has 2 rings (SSSR count). The van der Waals surface area contributed by atoms with Crippen LogP contribution in [0.4, 0.5) is 4.39 Å². The van der Waals surface area contributed by atoms with Crippen molar-refractivity contribution in [2.75, 3.05) is 26.3 Å². The number of nitrogens with one attached hydrogen (secondary N) is 1. The summed E-state index contributed by atoms with van der Waals surface area (Å²) in [6, 6.07) is 4.71. The minimum atomic E-state index is -3.62. The van der Waals surface area contributed by atoms with Crippen molar-refractivity contribution in [1.82, 2.24) is 9.84 Å². The van der Waals surface area contributed by atoms with Gasteiger partial charge in [0.25, 0.3) is 10.0 Å². The summed E-state index contributed by atoms with van der Waals surface area (Å²) >= 11 is 0. The highest BCUT2D eigenvalue weighted by atomic mass is 32.2. The number of halogens is 1. The lowest BCUT2D eigenvalue weighted by Crippen LogP contribution is -2.48. The lowest BCUT2D eigenvalue weighted by Gasteiger charge is -2.26. The summed E-state index contributed by atoms with van der Waals surface area (Å²) in [4.78, 5) is 2.48. The van der Waals surface area contributed by atoms with Crippen molar-refractivity contribution in [3.8, 4) is 0 Å². The molecule has 0 atom stereocenters. The molecule has 17 heavy (non-hydrogen) atoms. The van der Waals surface area contributed by atoms with E-state index in [2.05, 4.69) is 4.83 Å². The van der Waals surface area contributed by atoms with Crippen molar-refractivity contribution in [2.24, 2.45) is 0 Å². The smallest absolute Gasteiger partial charge is 0.253 e. The highest BCUT2D eigenvalue weighted by Crippen LogP contribution is 2.10. The maximum atomic E-state index is 12.7. The van der Waals surface area contributed by atoms with Crippen molar-refractivity contribution < 1.29 is 17.5 Å². The Kier molecular flexibility index (Phi) is 3.72. The first-order valence-corrected chi connectivity index (χ1v) is 6.67. The Morgan fingerprint density at radius 1 is 1.18 bits per heavy atom. The molecule has 1 fully saturated rings. The van der Waals surface area contributed by atoms with Gasteiger partial charge in [0, 0.05) is 13.1 Å². The summed E-state index contributed by atoms with van der Waals surface area (Å²) in [7, 11) is -3.62. The molecule has 1 aliphatic heterocycles. The maximum absolute atomic E-state index is 12.7. The van der Waals surface area contributed by atoms with Crippen LogP contribution < -0.4 is 4.83 Å². The average Bonchev–Trinajstić information content (AvgIpc) is 2.30. The van der Waals surface area contributed by atoms with Crippen molar-refractivity contribution in [2.45, 2.75) is 4.90 Å². The third kappa shape index (κ3) is 3.22. The fourth-order valence-corrected chi connectivity index (χ4v) is 2.61. The standard InChI is InChI=1S/C10H13FN2O3S/c11-9-1-3-10(4-2-9)17(14,15)12-13-5-7-16-8-6-13/h1-4,12H,5-8H2. The van der Waals surface area contributed by atoms with Crippen LogP contribution in [0.15, 0.2) is 29.2 Å². The number of rotatable bonds is 3. The average molecular weight is 260 g/mol. The van der Waals surface area contributed by atoms with Gasteiger partial charge in [0.05, 0.1) is 18.1 Å². The second-order valence-corrected chi connectivity index (χ2v) is 5.31. The quantitative estimate of drug-likeness (QED) is 0.852. The van der Waals surface area contributed by atoms with E-state index >= 15 is 0 Å². The molecule has 0 aliphatic carbocycles. The number of hydrogen-bond acceptors (Lipinski definition) is 4. The van der Waals surface area contributed by atoms with E-state index in [4.69, 9.17) is 4.74 Å². The minimum absolute atomic E-state index is 0.0467. The summed E-state index contributed by atoms with van der Waals surface area (Å²) in [6.07, 6.45) is 0. The van der Waals surface area contributed by atoms with Gasteiger partial charge in [-0.1, -0.05) is 0 Å². The van der Waals surface area contributed by atoms with Gasteiger partial charge in [0.15, 0.2) is 0 Å². The second kappa shape index (κ2) is 5.09. The highest BCUT2D eigenvalue weighted by molar-refractivity contribution is 7.89. The van der Waals surface area contributed by atoms with Crippen LogP contribution in [-0.4, -0.2) is 39.7 Å². The Morgan fingerprint density at radius 2 is 1.76 bits per heavy atom. The van der Waals surface area contributed by atoms with E-state index in [1.54, 1.807) is 5.01 Å². The van der Waals surface area contributed by atoms with E-state index in [1.165, 1.54) is 12.1 Å². The summed E-state index contributed by atoms with van der Waals surface area (Å²) in [5, 5.41) is 1.57. The van der Waals surface area contributed by atoms with Gasteiger partial charge in [0.2, 0.25) is 0 Å². The Labute approximate surface area is 99.2 Å². The normalized spacial score (nSPS) is 18.2. The van der Waals surface area contributed by atoms with Gasteiger partial charge >= 0.3 is 0 Å². The van der Waals surface area contributed by atoms with Gasteiger partial charge in [-0.3, -0.25) is 0 Å². The lowest BCUT2D eigenvalue weighted by molar-refractivity contribution is 0.0272. The summed E-state index contributed by atoms with van der Waals surface area (Å²) in [6.45, 7) is 1.98. The fraction of sp³-hybridized carbons (Fsp3) is 0.400. The van der Waals surface area contributed by atoms with Crippen molar-refractivity contribution in [1.29, 1.82) is 0 Å². The van der Waals surface area contributed by atoms with Crippen molar-refractivity contribution in [3.05, 3.63) is 30.1 Å². The Hall–Kier alpha value is -1.02. The molecule has 0 unspecified atom stereocenters. The van der Waals surface area contributed by atoms with Crippen LogP contribution in [0.25, 0.3) is 0 Å². The number of morpholine rings is 1. The first-order valence-electron chi connectivity index (χ1n) is 5.19. The maximum Gasteiger partial charge on any atom is 0.253 e. The highest BCUT2D eigenvalue weighted by Gasteiger charge is 2.19. The molecule has 1 aromatic carbocycles. The molecule has 0 amide bonds. The predicted molar refractivity (Wildman–Crippen MR) is 59.1 cm³/mol. The largest absolute Gasteiger partial charge is 0.379 e. The molecule has 1 heterocycles. The number of hydrazine groups is 1. The zero-order valence-electron chi connectivity index (χ0n) is 9.10. The third-order valence-electron chi connectivity index (χ3n) is 2.38. The van der Waals surface area contributed by atoms with Crippen molar-refractivity contribution >= 4 is 10.0 Å². The van der Waals surface area contributed by atoms with Gasteiger partial charge in [-0.2, -0.15) is 0 Å². The fourth-order valence-electron chi connectivity index (χ4n) is 1.49. The van der Waals surface area contributed by atoms with E-state index < -0.39 is 15.8 Å². The number of nitrogens with zero attached hydrogens (tertiary/aromatic N) is 1. The topological polar surface area (TPSA) is 58.6 Å². The van der Waals surface area contributed by atoms with Gasteiger partial charge in [0.1, 0.15) is 5.82 Å². The van der Waals surface area contributed by atoms with Crippen LogP contribution in [-0.2, 0) is 14.8 Å². The molecular formula is C10H13FN2O3S. The number of ether oxygens (including phenoxy) is 1. The zero-order chi connectivity index (χ0) is 12.3. The van der Waals surface area contributed by atoms with Gasteiger partial charge in [-0.05, 0) is 24.3 Å². The molecular weight excluding hydrogens is 247 g/mol. The molecule has 1 aliphatic rings. The van der Waals surface area contributed by atoms with Gasteiger partial charge in [-0.15, -0.1) is 4.83 Å². The number of hydrogen-bond donors (Lipinski definition) is 1. The molecule has 0 saturated carbocycles. The lowest BCUT2D eigenvalue weighted by atomic mass is 10.4. The van der Waals surface area contributed by atoms with E-state index in [0.29, 0.717) is 26.3 Å². The molecule has 7 heteroatoms.